The molecule has 102 valence electrons. The molecule has 0 aliphatic carbocycles. The van der Waals surface area contributed by atoms with E-state index in [-0.39, 0.29) is 5.82 Å². The quantitative estimate of drug-likeness (QED) is 0.718. The molecule has 0 saturated carbocycles. The van der Waals surface area contributed by atoms with Gasteiger partial charge in [-0.2, -0.15) is 0 Å². The van der Waals surface area contributed by atoms with Gasteiger partial charge < -0.3 is 9.13 Å². The monoisotopic (exact) mass is 270 g/mol. The molecule has 20 heavy (non-hydrogen) atoms. The molecular weight excluding hydrogens is 255 g/mol. The van der Waals surface area contributed by atoms with Crippen molar-refractivity contribution in [1.82, 2.24) is 19.3 Å². The number of rotatable bonds is 2. The Labute approximate surface area is 115 Å². The van der Waals surface area contributed by atoms with Crippen LogP contribution < -0.4 is 0 Å². The largest absolute Gasteiger partial charge is 0.340 e. The Kier molecular flexibility index (Phi) is 2.58. The maximum Gasteiger partial charge on any atom is 0.153 e. The summed E-state index contributed by atoms with van der Waals surface area (Å²) in [5, 5.41) is 9.61. The third kappa shape index (κ3) is 1.81. The summed E-state index contributed by atoms with van der Waals surface area (Å²) in [6.07, 6.45) is 5.36. The zero-order valence-corrected chi connectivity index (χ0v) is 11.1. The summed E-state index contributed by atoms with van der Waals surface area (Å²) in [7, 11) is 0. The van der Waals surface area contributed by atoms with Crippen molar-refractivity contribution in [3.63, 3.8) is 0 Å². The van der Waals surface area contributed by atoms with Gasteiger partial charge in [0.15, 0.2) is 5.82 Å². The Morgan fingerprint density at radius 1 is 1.15 bits per heavy atom. The van der Waals surface area contributed by atoms with Crippen molar-refractivity contribution in [3.8, 4) is 0 Å². The SMILES string of the molecule is Fc1ccc2ccn(Cc3nnc4n3CCCC4)c2c1. The van der Waals surface area contributed by atoms with Crippen LogP contribution in [0.1, 0.15) is 24.5 Å². The predicted octanol–water partition coefficient (Wildman–Crippen LogP) is 2.76. The lowest BCUT2D eigenvalue weighted by Gasteiger charge is -2.15. The van der Waals surface area contributed by atoms with Crippen LogP contribution in [0.2, 0.25) is 0 Å². The van der Waals surface area contributed by atoms with Crippen LogP contribution in [0.3, 0.4) is 0 Å². The molecule has 0 bridgehead atoms. The summed E-state index contributed by atoms with van der Waals surface area (Å²) in [6.45, 7) is 1.63. The van der Waals surface area contributed by atoms with E-state index in [1.807, 2.05) is 16.8 Å². The van der Waals surface area contributed by atoms with Gasteiger partial charge in [0.1, 0.15) is 11.6 Å². The van der Waals surface area contributed by atoms with Crippen molar-refractivity contribution in [2.45, 2.75) is 32.4 Å². The molecule has 3 aromatic rings. The average molecular weight is 270 g/mol. The minimum Gasteiger partial charge on any atom is -0.340 e. The highest BCUT2D eigenvalue weighted by Gasteiger charge is 2.16. The molecule has 0 amide bonds. The van der Waals surface area contributed by atoms with Crippen molar-refractivity contribution < 1.29 is 4.39 Å². The predicted molar refractivity (Wildman–Crippen MR) is 74.0 cm³/mol. The smallest absolute Gasteiger partial charge is 0.153 e. The third-order valence-electron chi connectivity index (χ3n) is 3.98. The first kappa shape index (κ1) is 11.6. The fourth-order valence-electron chi connectivity index (χ4n) is 2.93. The van der Waals surface area contributed by atoms with Crippen LogP contribution in [0.4, 0.5) is 4.39 Å². The van der Waals surface area contributed by atoms with Gasteiger partial charge in [-0.1, -0.05) is 0 Å². The standard InChI is InChI=1S/C15H15FN4/c16-12-5-4-11-6-8-19(13(11)9-12)10-15-18-17-14-3-1-2-7-20(14)15/h4-6,8-9H,1-3,7,10H2. The molecule has 1 aliphatic heterocycles. The van der Waals surface area contributed by atoms with Gasteiger partial charge in [0.2, 0.25) is 0 Å². The molecule has 0 unspecified atom stereocenters. The first-order valence-electron chi connectivity index (χ1n) is 6.96. The fraction of sp³-hybridized carbons (Fsp3) is 0.333. The lowest BCUT2D eigenvalue weighted by molar-refractivity contribution is 0.503. The molecule has 3 heterocycles. The summed E-state index contributed by atoms with van der Waals surface area (Å²) in [4.78, 5) is 0. The van der Waals surface area contributed by atoms with Crippen LogP contribution in [-0.4, -0.2) is 19.3 Å². The summed E-state index contributed by atoms with van der Waals surface area (Å²) in [6, 6.07) is 6.87. The van der Waals surface area contributed by atoms with Crippen molar-refractivity contribution in [3.05, 3.63) is 47.9 Å². The summed E-state index contributed by atoms with van der Waals surface area (Å²) < 4.78 is 17.6. The van der Waals surface area contributed by atoms with E-state index < -0.39 is 0 Å². The van der Waals surface area contributed by atoms with Crippen LogP contribution in [0, 0.1) is 5.82 Å². The number of benzene rings is 1. The van der Waals surface area contributed by atoms with Gasteiger partial charge in [-0.3, -0.25) is 0 Å². The summed E-state index contributed by atoms with van der Waals surface area (Å²) in [5.41, 5.74) is 0.901. The first-order chi connectivity index (χ1) is 9.81. The molecule has 0 saturated heterocycles. The van der Waals surface area contributed by atoms with E-state index >= 15 is 0 Å². The molecular formula is C15H15FN4. The van der Waals surface area contributed by atoms with Crippen LogP contribution in [0.15, 0.2) is 30.5 Å². The molecule has 4 nitrogen and oxygen atoms in total. The zero-order valence-electron chi connectivity index (χ0n) is 11.1. The van der Waals surface area contributed by atoms with E-state index in [0.29, 0.717) is 6.54 Å². The molecule has 0 radical (unpaired) electrons. The highest BCUT2D eigenvalue weighted by molar-refractivity contribution is 5.80. The van der Waals surface area contributed by atoms with Crippen LogP contribution in [0.25, 0.3) is 10.9 Å². The number of hydrogen-bond acceptors (Lipinski definition) is 2. The second-order valence-electron chi connectivity index (χ2n) is 5.29. The van der Waals surface area contributed by atoms with Gasteiger partial charge in [0.05, 0.1) is 12.1 Å². The number of halogens is 1. The molecule has 4 rings (SSSR count). The molecule has 0 spiro atoms. The van der Waals surface area contributed by atoms with Gasteiger partial charge in [-0.05, 0) is 42.5 Å². The van der Waals surface area contributed by atoms with Crippen LogP contribution in [-0.2, 0) is 19.5 Å². The Bertz CT molecular complexity index is 771. The van der Waals surface area contributed by atoms with Gasteiger partial charge >= 0.3 is 0 Å². The lowest BCUT2D eigenvalue weighted by atomic mass is 10.2. The van der Waals surface area contributed by atoms with E-state index in [2.05, 4.69) is 14.8 Å². The minimum atomic E-state index is -0.208. The molecule has 1 aliphatic rings. The van der Waals surface area contributed by atoms with Crippen molar-refractivity contribution in [1.29, 1.82) is 0 Å². The lowest BCUT2D eigenvalue weighted by Crippen LogP contribution is -2.14. The highest BCUT2D eigenvalue weighted by Crippen LogP contribution is 2.20. The highest BCUT2D eigenvalue weighted by atomic mass is 19.1. The van der Waals surface area contributed by atoms with Gasteiger partial charge in [0.25, 0.3) is 0 Å². The number of aryl methyl sites for hydroxylation is 1. The van der Waals surface area contributed by atoms with Gasteiger partial charge in [0, 0.05) is 19.2 Å². The number of aromatic nitrogens is 4. The molecule has 0 atom stereocenters. The Hall–Kier alpha value is -2.17. The van der Waals surface area contributed by atoms with Crippen molar-refractivity contribution in [2.24, 2.45) is 0 Å². The van der Waals surface area contributed by atoms with E-state index in [0.717, 1.165) is 35.5 Å². The summed E-state index contributed by atoms with van der Waals surface area (Å²) in [5.74, 6) is 1.83. The molecule has 2 aromatic heterocycles. The van der Waals surface area contributed by atoms with Crippen molar-refractivity contribution in [2.75, 3.05) is 0 Å². The van der Waals surface area contributed by atoms with E-state index in [1.165, 1.54) is 18.9 Å². The van der Waals surface area contributed by atoms with E-state index in [4.69, 9.17) is 0 Å². The number of nitrogens with zero attached hydrogens (tertiary/aromatic N) is 4. The maximum atomic E-state index is 13.4. The number of fused-ring (bicyclic) bond motifs is 2. The number of hydrogen-bond donors (Lipinski definition) is 0. The minimum absolute atomic E-state index is 0.208. The van der Waals surface area contributed by atoms with E-state index in [1.54, 1.807) is 12.1 Å². The van der Waals surface area contributed by atoms with Gasteiger partial charge in [-0.25, -0.2) is 4.39 Å². The van der Waals surface area contributed by atoms with Crippen LogP contribution >= 0.6 is 0 Å². The Morgan fingerprint density at radius 3 is 3.05 bits per heavy atom. The molecule has 0 N–H and O–H groups in total. The second kappa shape index (κ2) is 4.44. The van der Waals surface area contributed by atoms with E-state index in [9.17, 15) is 4.39 Å². The normalized spacial score (nSPS) is 14.7. The Morgan fingerprint density at radius 2 is 2.10 bits per heavy atom. The van der Waals surface area contributed by atoms with Gasteiger partial charge in [-0.15, -0.1) is 10.2 Å². The average Bonchev–Trinajstić information content (AvgIpc) is 3.05. The second-order valence-corrected chi connectivity index (χ2v) is 5.29. The summed E-state index contributed by atoms with van der Waals surface area (Å²) >= 11 is 0. The molecule has 0 fully saturated rings. The maximum absolute atomic E-state index is 13.4. The fourth-order valence-corrected chi connectivity index (χ4v) is 2.93. The topological polar surface area (TPSA) is 35.6 Å². The van der Waals surface area contributed by atoms with Crippen molar-refractivity contribution >= 4 is 10.9 Å². The first-order valence-corrected chi connectivity index (χ1v) is 6.96. The third-order valence-corrected chi connectivity index (χ3v) is 3.98. The molecule has 1 aromatic carbocycles. The van der Waals surface area contributed by atoms with Crippen LogP contribution in [0.5, 0.6) is 0 Å². The molecule has 5 heteroatoms. The Balaban J connectivity index is 1.74. The zero-order chi connectivity index (χ0) is 13.5.